The molecule has 26 heavy (non-hydrogen) atoms. The van der Waals surface area contributed by atoms with Crippen molar-refractivity contribution >= 4 is 11.3 Å². The van der Waals surface area contributed by atoms with Crippen molar-refractivity contribution in [2.45, 2.75) is 38.1 Å². The van der Waals surface area contributed by atoms with Crippen LogP contribution in [0.4, 0.5) is 13.2 Å². The van der Waals surface area contributed by atoms with Gasteiger partial charge in [-0.1, -0.05) is 12.1 Å². The van der Waals surface area contributed by atoms with E-state index < -0.39 is 11.7 Å². The van der Waals surface area contributed by atoms with Crippen molar-refractivity contribution in [1.29, 1.82) is 0 Å². The molecular weight excluding hydrogens is 361 g/mol. The summed E-state index contributed by atoms with van der Waals surface area (Å²) < 4.78 is 39.9. The first kappa shape index (κ1) is 17.2. The molecule has 0 aliphatic carbocycles. The lowest BCUT2D eigenvalue weighted by molar-refractivity contribution is -0.137. The van der Waals surface area contributed by atoms with E-state index in [4.69, 9.17) is 0 Å². The number of rotatable bonds is 4. The zero-order chi connectivity index (χ0) is 18.1. The van der Waals surface area contributed by atoms with Gasteiger partial charge in [-0.25, -0.2) is 9.67 Å². The van der Waals surface area contributed by atoms with E-state index in [1.54, 1.807) is 17.7 Å². The smallest absolute Gasteiger partial charge is 0.307 e. The average Bonchev–Trinajstić information content (AvgIpc) is 3.28. The van der Waals surface area contributed by atoms with Gasteiger partial charge in [0, 0.05) is 28.8 Å². The fraction of sp³-hybridized carbons (Fsp3) is 0.333. The van der Waals surface area contributed by atoms with Crippen LogP contribution in [0.5, 0.6) is 0 Å². The highest BCUT2D eigenvalue weighted by Gasteiger charge is 2.30. The standard InChI is InChI=1S/C18H17F3N4S/c19-18(20,21)13-3-1-12(2-4-13)16-7-6-15(26-16)9-22-14-5-8-17-23-11-24-25(17)10-14/h1-4,6-7,11,14,22H,5,8-10H2. The van der Waals surface area contributed by atoms with Gasteiger partial charge in [0.15, 0.2) is 0 Å². The third kappa shape index (κ3) is 3.66. The van der Waals surface area contributed by atoms with E-state index in [1.165, 1.54) is 12.1 Å². The summed E-state index contributed by atoms with van der Waals surface area (Å²) in [7, 11) is 0. The van der Waals surface area contributed by atoms with Crippen molar-refractivity contribution in [3.63, 3.8) is 0 Å². The summed E-state index contributed by atoms with van der Waals surface area (Å²) in [5.74, 6) is 1.03. The minimum atomic E-state index is -4.30. The van der Waals surface area contributed by atoms with Crippen LogP contribution in [0.1, 0.15) is 22.7 Å². The molecule has 0 amide bonds. The highest BCUT2D eigenvalue weighted by molar-refractivity contribution is 7.15. The summed E-state index contributed by atoms with van der Waals surface area (Å²) >= 11 is 1.60. The molecule has 4 nitrogen and oxygen atoms in total. The maximum absolute atomic E-state index is 12.7. The zero-order valence-electron chi connectivity index (χ0n) is 13.8. The summed E-state index contributed by atoms with van der Waals surface area (Å²) in [6.07, 6.45) is -0.769. The molecule has 0 bridgehead atoms. The van der Waals surface area contributed by atoms with Crippen LogP contribution >= 0.6 is 11.3 Å². The molecule has 1 atom stereocenters. The van der Waals surface area contributed by atoms with Gasteiger partial charge in [-0.15, -0.1) is 11.3 Å². The van der Waals surface area contributed by atoms with Gasteiger partial charge in [0.25, 0.3) is 0 Å². The van der Waals surface area contributed by atoms with E-state index in [1.807, 2.05) is 16.8 Å². The number of aryl methyl sites for hydroxylation is 1. The van der Waals surface area contributed by atoms with Crippen molar-refractivity contribution in [3.8, 4) is 10.4 Å². The molecule has 0 radical (unpaired) electrons. The predicted molar refractivity (Wildman–Crippen MR) is 93.7 cm³/mol. The van der Waals surface area contributed by atoms with Gasteiger partial charge in [-0.3, -0.25) is 0 Å². The summed E-state index contributed by atoms with van der Waals surface area (Å²) in [6, 6.07) is 9.64. The highest BCUT2D eigenvalue weighted by atomic mass is 32.1. The van der Waals surface area contributed by atoms with Gasteiger partial charge in [0.05, 0.1) is 12.1 Å². The number of aromatic nitrogens is 3. The quantitative estimate of drug-likeness (QED) is 0.742. The molecule has 3 heterocycles. The van der Waals surface area contributed by atoms with Crippen LogP contribution in [-0.4, -0.2) is 20.8 Å². The molecular formula is C18H17F3N4S. The SMILES string of the molecule is FC(F)(F)c1ccc(-c2ccc(CNC3CCc4ncnn4C3)s2)cc1. The Balaban J connectivity index is 1.38. The molecule has 0 saturated carbocycles. The maximum atomic E-state index is 12.7. The molecule has 0 spiro atoms. The number of halogens is 3. The summed E-state index contributed by atoms with van der Waals surface area (Å²) in [5.41, 5.74) is 0.184. The van der Waals surface area contributed by atoms with Crippen LogP contribution in [0, 0.1) is 0 Å². The minimum absolute atomic E-state index is 0.348. The molecule has 2 aromatic heterocycles. The summed E-state index contributed by atoms with van der Waals surface area (Å²) in [4.78, 5) is 6.35. The molecule has 4 rings (SSSR count). The topological polar surface area (TPSA) is 42.7 Å². The average molecular weight is 378 g/mol. The monoisotopic (exact) mass is 378 g/mol. The first-order valence-corrected chi connectivity index (χ1v) is 9.17. The number of hydrogen-bond acceptors (Lipinski definition) is 4. The van der Waals surface area contributed by atoms with Crippen LogP contribution in [0.3, 0.4) is 0 Å². The second-order valence-corrected chi connectivity index (χ2v) is 7.48. The lowest BCUT2D eigenvalue weighted by atomic mass is 10.1. The van der Waals surface area contributed by atoms with Crippen molar-refractivity contribution in [3.05, 3.63) is 59.0 Å². The molecule has 8 heteroatoms. The predicted octanol–water partition coefficient (Wildman–Crippen LogP) is 4.13. The fourth-order valence-electron chi connectivity index (χ4n) is 3.10. The molecule has 1 unspecified atom stereocenters. The number of benzene rings is 1. The Morgan fingerprint density at radius 2 is 1.96 bits per heavy atom. The van der Waals surface area contributed by atoms with E-state index in [2.05, 4.69) is 15.4 Å². The second-order valence-electron chi connectivity index (χ2n) is 6.32. The fourth-order valence-corrected chi connectivity index (χ4v) is 4.06. The lowest BCUT2D eigenvalue weighted by Crippen LogP contribution is -2.37. The van der Waals surface area contributed by atoms with E-state index in [0.717, 1.165) is 59.2 Å². The van der Waals surface area contributed by atoms with Gasteiger partial charge in [0.2, 0.25) is 0 Å². The lowest BCUT2D eigenvalue weighted by Gasteiger charge is -2.23. The number of alkyl halides is 3. The maximum Gasteiger partial charge on any atom is 0.416 e. The molecule has 1 aliphatic heterocycles. The Labute approximate surface area is 152 Å². The van der Waals surface area contributed by atoms with Gasteiger partial charge in [-0.2, -0.15) is 18.3 Å². The van der Waals surface area contributed by atoms with Gasteiger partial charge in [0.1, 0.15) is 12.2 Å². The molecule has 3 aromatic rings. The molecule has 1 aromatic carbocycles. The Hall–Kier alpha value is -2.19. The van der Waals surface area contributed by atoms with Crippen LogP contribution in [0.25, 0.3) is 10.4 Å². The number of thiophene rings is 1. The second kappa shape index (κ2) is 6.85. The third-order valence-corrected chi connectivity index (χ3v) is 5.66. The largest absolute Gasteiger partial charge is 0.416 e. The van der Waals surface area contributed by atoms with E-state index in [0.29, 0.717) is 6.04 Å². The highest BCUT2D eigenvalue weighted by Crippen LogP contribution is 2.33. The van der Waals surface area contributed by atoms with E-state index >= 15 is 0 Å². The molecule has 0 saturated heterocycles. The van der Waals surface area contributed by atoms with Crippen LogP contribution < -0.4 is 5.32 Å². The Morgan fingerprint density at radius 1 is 1.15 bits per heavy atom. The Morgan fingerprint density at radius 3 is 2.73 bits per heavy atom. The zero-order valence-corrected chi connectivity index (χ0v) is 14.6. The molecule has 1 aliphatic rings. The van der Waals surface area contributed by atoms with Crippen LogP contribution in [-0.2, 0) is 25.7 Å². The van der Waals surface area contributed by atoms with Crippen molar-refractivity contribution < 1.29 is 13.2 Å². The Kier molecular flexibility index (Phi) is 4.54. The van der Waals surface area contributed by atoms with E-state index in [-0.39, 0.29) is 0 Å². The van der Waals surface area contributed by atoms with E-state index in [9.17, 15) is 13.2 Å². The van der Waals surface area contributed by atoms with Crippen molar-refractivity contribution in [2.24, 2.45) is 0 Å². The molecule has 1 N–H and O–H groups in total. The normalized spacial score (nSPS) is 17.3. The Bertz CT molecular complexity index is 882. The number of fused-ring (bicyclic) bond motifs is 1. The summed E-state index contributed by atoms with van der Waals surface area (Å²) in [5, 5.41) is 7.75. The third-order valence-electron chi connectivity index (χ3n) is 4.53. The minimum Gasteiger partial charge on any atom is -0.307 e. The summed E-state index contributed by atoms with van der Waals surface area (Å²) in [6.45, 7) is 1.55. The number of hydrogen-bond donors (Lipinski definition) is 1. The van der Waals surface area contributed by atoms with Crippen molar-refractivity contribution in [1.82, 2.24) is 20.1 Å². The first-order valence-electron chi connectivity index (χ1n) is 8.35. The van der Waals surface area contributed by atoms with Crippen LogP contribution in [0.2, 0.25) is 0 Å². The molecule has 136 valence electrons. The first-order chi connectivity index (χ1) is 12.5. The molecule has 0 fully saturated rings. The van der Waals surface area contributed by atoms with Crippen molar-refractivity contribution in [2.75, 3.05) is 0 Å². The number of nitrogens with one attached hydrogen (secondary N) is 1. The van der Waals surface area contributed by atoms with Crippen LogP contribution in [0.15, 0.2) is 42.7 Å². The van der Waals surface area contributed by atoms with Gasteiger partial charge >= 0.3 is 6.18 Å². The number of nitrogens with zero attached hydrogens (tertiary/aromatic N) is 3. The van der Waals surface area contributed by atoms with Gasteiger partial charge in [-0.05, 0) is 36.2 Å². The van der Waals surface area contributed by atoms with Gasteiger partial charge < -0.3 is 5.32 Å².